The van der Waals surface area contributed by atoms with Gasteiger partial charge < -0.3 is 10.3 Å². The van der Waals surface area contributed by atoms with Crippen LogP contribution in [0.25, 0.3) is 10.9 Å². The minimum Gasteiger partial charge on any atom is -0.350 e. The van der Waals surface area contributed by atoms with E-state index in [1.54, 1.807) is 6.07 Å². The van der Waals surface area contributed by atoms with Gasteiger partial charge in [-0.3, -0.25) is 0 Å². The normalized spacial score (nSPS) is 11.2. The summed E-state index contributed by atoms with van der Waals surface area (Å²) in [5.41, 5.74) is 7.24. The van der Waals surface area contributed by atoms with Gasteiger partial charge in [-0.2, -0.15) is 0 Å². The van der Waals surface area contributed by atoms with Gasteiger partial charge in [0.1, 0.15) is 0 Å². The number of halogens is 2. The molecule has 0 saturated carbocycles. The van der Waals surface area contributed by atoms with Crippen LogP contribution in [0, 0.1) is 5.82 Å². The van der Waals surface area contributed by atoms with Crippen LogP contribution in [0.15, 0.2) is 18.3 Å². The van der Waals surface area contributed by atoms with Crippen molar-refractivity contribution in [2.45, 2.75) is 6.42 Å². The van der Waals surface area contributed by atoms with Crippen molar-refractivity contribution in [1.82, 2.24) is 4.57 Å². The Morgan fingerprint density at radius 1 is 1.47 bits per heavy atom. The van der Waals surface area contributed by atoms with Gasteiger partial charge in [-0.05, 0) is 30.7 Å². The Morgan fingerprint density at radius 2 is 2.20 bits per heavy atom. The largest absolute Gasteiger partial charge is 0.350 e. The minimum atomic E-state index is -0.349. The third-order valence-corrected chi connectivity index (χ3v) is 2.83. The van der Waals surface area contributed by atoms with Crippen molar-refractivity contribution in [3.05, 3.63) is 34.7 Å². The number of fused-ring (bicyclic) bond motifs is 1. The maximum atomic E-state index is 13.8. The van der Waals surface area contributed by atoms with Crippen molar-refractivity contribution in [2.75, 3.05) is 6.54 Å². The van der Waals surface area contributed by atoms with E-state index in [1.807, 2.05) is 23.9 Å². The lowest BCUT2D eigenvalue weighted by Crippen LogP contribution is -2.02. The molecule has 0 unspecified atom stereocenters. The van der Waals surface area contributed by atoms with Crippen molar-refractivity contribution in [2.24, 2.45) is 12.8 Å². The SMILES string of the molecule is Cn1cc(CCN)c2c(F)c(Cl)ccc21. The Bertz CT molecular complexity index is 505. The molecule has 0 aliphatic rings. The topological polar surface area (TPSA) is 30.9 Å². The summed E-state index contributed by atoms with van der Waals surface area (Å²) in [4.78, 5) is 0. The first-order valence-electron chi connectivity index (χ1n) is 4.77. The van der Waals surface area contributed by atoms with Crippen molar-refractivity contribution >= 4 is 22.5 Å². The van der Waals surface area contributed by atoms with E-state index in [9.17, 15) is 4.39 Å². The van der Waals surface area contributed by atoms with Crippen molar-refractivity contribution < 1.29 is 4.39 Å². The zero-order chi connectivity index (χ0) is 11.0. The zero-order valence-corrected chi connectivity index (χ0v) is 9.18. The van der Waals surface area contributed by atoms with Crippen LogP contribution < -0.4 is 5.73 Å². The van der Waals surface area contributed by atoms with E-state index in [0.717, 1.165) is 11.1 Å². The molecule has 4 heteroatoms. The molecule has 1 aromatic carbocycles. The Hall–Kier alpha value is -1.06. The smallest absolute Gasteiger partial charge is 0.151 e. The molecule has 2 N–H and O–H groups in total. The second-order valence-corrected chi connectivity index (χ2v) is 3.97. The molecule has 80 valence electrons. The average Bonchev–Trinajstić information content (AvgIpc) is 2.51. The van der Waals surface area contributed by atoms with Crippen LogP contribution in [0.2, 0.25) is 5.02 Å². The number of aromatic nitrogens is 1. The van der Waals surface area contributed by atoms with Gasteiger partial charge >= 0.3 is 0 Å². The molecule has 15 heavy (non-hydrogen) atoms. The highest BCUT2D eigenvalue weighted by Crippen LogP contribution is 2.28. The predicted molar refractivity (Wildman–Crippen MR) is 60.6 cm³/mol. The number of rotatable bonds is 2. The molecule has 0 aliphatic heterocycles. The molecule has 0 atom stereocenters. The zero-order valence-electron chi connectivity index (χ0n) is 8.43. The molecule has 2 rings (SSSR count). The molecular weight excluding hydrogens is 215 g/mol. The number of hydrogen-bond donors (Lipinski definition) is 1. The summed E-state index contributed by atoms with van der Waals surface area (Å²) in [5.74, 6) is -0.349. The number of aryl methyl sites for hydroxylation is 1. The summed E-state index contributed by atoms with van der Waals surface area (Å²) in [6.07, 6.45) is 2.56. The molecule has 0 spiro atoms. The fourth-order valence-electron chi connectivity index (χ4n) is 1.85. The van der Waals surface area contributed by atoms with Gasteiger partial charge in [0, 0.05) is 18.6 Å². The van der Waals surface area contributed by atoms with Gasteiger partial charge in [-0.15, -0.1) is 0 Å². The number of nitrogens with zero attached hydrogens (tertiary/aromatic N) is 1. The highest BCUT2D eigenvalue weighted by atomic mass is 35.5. The van der Waals surface area contributed by atoms with Crippen molar-refractivity contribution in [3.8, 4) is 0 Å². The van der Waals surface area contributed by atoms with E-state index in [4.69, 9.17) is 17.3 Å². The third kappa shape index (κ3) is 1.62. The lowest BCUT2D eigenvalue weighted by molar-refractivity contribution is 0.639. The molecular formula is C11H12ClFN2. The first-order valence-corrected chi connectivity index (χ1v) is 5.15. The molecule has 0 saturated heterocycles. The van der Waals surface area contributed by atoms with E-state index < -0.39 is 0 Å². The summed E-state index contributed by atoms with van der Waals surface area (Å²) in [5, 5.41) is 0.752. The van der Waals surface area contributed by atoms with Crippen molar-refractivity contribution in [3.63, 3.8) is 0 Å². The monoisotopic (exact) mass is 226 g/mol. The van der Waals surface area contributed by atoms with Gasteiger partial charge in [0.15, 0.2) is 5.82 Å². The van der Waals surface area contributed by atoms with Gasteiger partial charge in [-0.1, -0.05) is 11.6 Å². The molecule has 2 nitrogen and oxygen atoms in total. The average molecular weight is 227 g/mol. The Kier molecular flexibility index (Phi) is 2.67. The molecule has 2 aromatic rings. The van der Waals surface area contributed by atoms with Crippen LogP contribution in [0.3, 0.4) is 0 Å². The first kappa shape index (κ1) is 10.5. The maximum absolute atomic E-state index is 13.8. The van der Waals surface area contributed by atoms with Crippen molar-refractivity contribution in [1.29, 1.82) is 0 Å². The fraction of sp³-hybridized carbons (Fsp3) is 0.273. The maximum Gasteiger partial charge on any atom is 0.151 e. The predicted octanol–water partition coefficient (Wildman–Crippen LogP) is 2.47. The standard InChI is InChI=1S/C11H12ClFN2/c1-15-6-7(4-5-14)10-9(15)3-2-8(12)11(10)13/h2-3,6H,4-5,14H2,1H3. The number of hydrogen-bond acceptors (Lipinski definition) is 1. The van der Waals surface area contributed by atoms with Gasteiger partial charge in [-0.25, -0.2) is 4.39 Å². The Morgan fingerprint density at radius 3 is 2.87 bits per heavy atom. The quantitative estimate of drug-likeness (QED) is 0.838. The molecule has 0 radical (unpaired) electrons. The van der Waals surface area contributed by atoms with Gasteiger partial charge in [0.2, 0.25) is 0 Å². The summed E-state index contributed by atoms with van der Waals surface area (Å²) < 4.78 is 15.7. The highest BCUT2D eigenvalue weighted by Gasteiger charge is 2.13. The summed E-state index contributed by atoms with van der Waals surface area (Å²) >= 11 is 5.75. The Labute approximate surface area is 92.4 Å². The van der Waals surface area contributed by atoms with Crippen LogP contribution in [-0.2, 0) is 13.5 Å². The van der Waals surface area contributed by atoms with E-state index in [0.29, 0.717) is 18.4 Å². The molecule has 1 heterocycles. The lowest BCUT2D eigenvalue weighted by atomic mass is 10.1. The number of nitrogens with two attached hydrogens (primary N) is 1. The van der Waals surface area contributed by atoms with E-state index in [2.05, 4.69) is 0 Å². The second-order valence-electron chi connectivity index (χ2n) is 3.56. The van der Waals surface area contributed by atoms with Gasteiger partial charge in [0.25, 0.3) is 0 Å². The summed E-state index contributed by atoms with van der Waals surface area (Å²) in [7, 11) is 1.88. The van der Waals surface area contributed by atoms with E-state index in [1.165, 1.54) is 0 Å². The minimum absolute atomic E-state index is 0.159. The van der Waals surface area contributed by atoms with Crippen LogP contribution in [0.4, 0.5) is 4.39 Å². The highest BCUT2D eigenvalue weighted by molar-refractivity contribution is 6.31. The molecule has 0 bridgehead atoms. The fourth-order valence-corrected chi connectivity index (χ4v) is 2.01. The lowest BCUT2D eigenvalue weighted by Gasteiger charge is -2.00. The van der Waals surface area contributed by atoms with Crippen LogP contribution in [-0.4, -0.2) is 11.1 Å². The second kappa shape index (κ2) is 3.83. The van der Waals surface area contributed by atoms with Gasteiger partial charge in [0.05, 0.1) is 10.5 Å². The summed E-state index contributed by atoms with van der Waals surface area (Å²) in [6.45, 7) is 0.505. The molecule has 0 amide bonds. The van der Waals surface area contributed by atoms with E-state index in [-0.39, 0.29) is 10.8 Å². The third-order valence-electron chi connectivity index (χ3n) is 2.54. The molecule has 0 fully saturated rings. The number of benzene rings is 1. The van der Waals surface area contributed by atoms with E-state index >= 15 is 0 Å². The van der Waals surface area contributed by atoms with Crippen LogP contribution >= 0.6 is 11.6 Å². The Balaban J connectivity index is 2.77. The molecule has 1 aromatic heterocycles. The molecule has 0 aliphatic carbocycles. The van der Waals surface area contributed by atoms with Crippen LogP contribution in [0.1, 0.15) is 5.56 Å². The summed E-state index contributed by atoms with van der Waals surface area (Å²) in [6, 6.07) is 3.40. The first-order chi connectivity index (χ1) is 7.15. The van der Waals surface area contributed by atoms with Crippen LogP contribution in [0.5, 0.6) is 0 Å².